The van der Waals surface area contributed by atoms with Crippen molar-refractivity contribution in [1.82, 2.24) is 5.32 Å². The van der Waals surface area contributed by atoms with Gasteiger partial charge >= 0.3 is 0 Å². The van der Waals surface area contributed by atoms with Gasteiger partial charge in [-0.2, -0.15) is 0 Å². The van der Waals surface area contributed by atoms with Gasteiger partial charge in [0, 0.05) is 24.7 Å². The first-order valence-corrected chi connectivity index (χ1v) is 7.50. The van der Waals surface area contributed by atoms with Gasteiger partial charge in [-0.25, -0.2) is 4.39 Å². The predicted octanol–water partition coefficient (Wildman–Crippen LogP) is 2.24. The Labute approximate surface area is 123 Å². The zero-order valence-corrected chi connectivity index (χ0v) is 11.8. The van der Waals surface area contributed by atoms with E-state index >= 15 is 0 Å². The number of benzene rings is 1. The molecule has 1 aromatic rings. The highest BCUT2D eigenvalue weighted by atomic mass is 19.1. The second-order valence-electron chi connectivity index (χ2n) is 5.87. The van der Waals surface area contributed by atoms with Crippen LogP contribution in [0, 0.1) is 11.7 Å². The third kappa shape index (κ3) is 3.06. The molecule has 0 radical (unpaired) electrons. The van der Waals surface area contributed by atoms with E-state index in [4.69, 9.17) is 0 Å². The van der Waals surface area contributed by atoms with E-state index in [1.165, 1.54) is 12.1 Å². The first kappa shape index (κ1) is 14.0. The fraction of sp³-hybridized carbons (Fsp3) is 0.500. The lowest BCUT2D eigenvalue weighted by Crippen LogP contribution is -2.38. The summed E-state index contributed by atoms with van der Waals surface area (Å²) in [4.78, 5) is 25.9. The van der Waals surface area contributed by atoms with Gasteiger partial charge in [0.05, 0.1) is 5.92 Å². The molecule has 1 heterocycles. The minimum Gasteiger partial charge on any atom is -0.353 e. The van der Waals surface area contributed by atoms with Gasteiger partial charge in [0.15, 0.2) is 0 Å². The number of hydrogen-bond acceptors (Lipinski definition) is 2. The van der Waals surface area contributed by atoms with Crippen molar-refractivity contribution in [3.8, 4) is 0 Å². The maximum atomic E-state index is 12.9. The molecule has 0 aromatic heterocycles. The Kier molecular flexibility index (Phi) is 3.90. The lowest BCUT2D eigenvalue weighted by atomic mass is 10.1. The molecule has 2 amide bonds. The number of anilines is 1. The van der Waals surface area contributed by atoms with Crippen LogP contribution in [0.3, 0.4) is 0 Å². The fourth-order valence-electron chi connectivity index (χ4n) is 3.14. The quantitative estimate of drug-likeness (QED) is 0.928. The maximum Gasteiger partial charge on any atom is 0.227 e. The Balaban J connectivity index is 1.63. The second-order valence-corrected chi connectivity index (χ2v) is 5.87. The molecule has 1 saturated heterocycles. The van der Waals surface area contributed by atoms with Gasteiger partial charge in [-0.1, -0.05) is 12.8 Å². The molecule has 1 atom stereocenters. The highest BCUT2D eigenvalue weighted by Crippen LogP contribution is 2.26. The summed E-state index contributed by atoms with van der Waals surface area (Å²) in [6.07, 6.45) is 4.63. The average Bonchev–Trinajstić information content (AvgIpc) is 3.09. The van der Waals surface area contributed by atoms with Gasteiger partial charge in [-0.3, -0.25) is 9.59 Å². The van der Waals surface area contributed by atoms with Crippen LogP contribution in [-0.2, 0) is 9.59 Å². The summed E-state index contributed by atoms with van der Waals surface area (Å²) in [5.41, 5.74) is 0.651. The summed E-state index contributed by atoms with van der Waals surface area (Å²) < 4.78 is 12.9. The number of hydrogen-bond donors (Lipinski definition) is 1. The van der Waals surface area contributed by atoms with Crippen molar-refractivity contribution in [3.05, 3.63) is 30.1 Å². The van der Waals surface area contributed by atoms with Crippen LogP contribution in [0.2, 0.25) is 0 Å². The number of rotatable bonds is 3. The largest absolute Gasteiger partial charge is 0.353 e. The van der Waals surface area contributed by atoms with Crippen molar-refractivity contribution in [2.45, 2.75) is 38.1 Å². The minimum atomic E-state index is -0.332. The summed E-state index contributed by atoms with van der Waals surface area (Å²) >= 11 is 0. The summed E-state index contributed by atoms with van der Waals surface area (Å²) in [6.45, 7) is 0.378. The molecule has 0 unspecified atom stereocenters. The number of halogens is 1. The molecule has 21 heavy (non-hydrogen) atoms. The number of nitrogens with one attached hydrogen (secondary N) is 1. The van der Waals surface area contributed by atoms with Crippen molar-refractivity contribution in [3.63, 3.8) is 0 Å². The SMILES string of the molecule is O=C(NC1CCCC1)[C@H]1CC(=O)N(c2ccc(F)cc2)C1. The molecular formula is C16H19FN2O2. The van der Waals surface area contributed by atoms with Crippen LogP contribution in [-0.4, -0.2) is 24.4 Å². The van der Waals surface area contributed by atoms with Gasteiger partial charge in [0.2, 0.25) is 11.8 Å². The molecular weight excluding hydrogens is 271 g/mol. The van der Waals surface area contributed by atoms with E-state index in [2.05, 4.69) is 5.32 Å². The molecule has 1 aromatic carbocycles. The van der Waals surface area contributed by atoms with E-state index in [1.54, 1.807) is 17.0 Å². The van der Waals surface area contributed by atoms with Crippen LogP contribution in [0.4, 0.5) is 10.1 Å². The van der Waals surface area contributed by atoms with Crippen LogP contribution in [0.25, 0.3) is 0 Å². The first-order valence-electron chi connectivity index (χ1n) is 7.50. The van der Waals surface area contributed by atoms with E-state index in [1.807, 2.05) is 0 Å². The zero-order chi connectivity index (χ0) is 14.8. The Morgan fingerprint density at radius 2 is 1.86 bits per heavy atom. The lowest BCUT2D eigenvalue weighted by Gasteiger charge is -2.18. The Hall–Kier alpha value is -1.91. The van der Waals surface area contributed by atoms with Crippen LogP contribution < -0.4 is 10.2 Å². The fourth-order valence-corrected chi connectivity index (χ4v) is 3.14. The van der Waals surface area contributed by atoms with Crippen LogP contribution >= 0.6 is 0 Å². The smallest absolute Gasteiger partial charge is 0.227 e. The van der Waals surface area contributed by atoms with Crippen molar-refractivity contribution in [2.24, 2.45) is 5.92 Å². The molecule has 1 aliphatic heterocycles. The molecule has 1 aliphatic carbocycles. The summed E-state index contributed by atoms with van der Waals surface area (Å²) in [6, 6.07) is 6.07. The lowest BCUT2D eigenvalue weighted by molar-refractivity contribution is -0.126. The second kappa shape index (κ2) is 5.84. The molecule has 1 saturated carbocycles. The Morgan fingerprint density at radius 3 is 2.52 bits per heavy atom. The molecule has 2 fully saturated rings. The summed E-state index contributed by atoms with van der Waals surface area (Å²) in [7, 11) is 0. The zero-order valence-electron chi connectivity index (χ0n) is 11.8. The number of nitrogens with zero attached hydrogens (tertiary/aromatic N) is 1. The highest BCUT2D eigenvalue weighted by molar-refractivity contribution is 6.00. The molecule has 0 spiro atoms. The molecule has 3 rings (SSSR count). The van der Waals surface area contributed by atoms with E-state index in [9.17, 15) is 14.0 Å². The van der Waals surface area contributed by atoms with Crippen molar-refractivity contribution in [1.29, 1.82) is 0 Å². The van der Waals surface area contributed by atoms with E-state index in [0.29, 0.717) is 12.2 Å². The number of amides is 2. The van der Waals surface area contributed by atoms with Gasteiger partial charge in [0.1, 0.15) is 5.82 Å². The summed E-state index contributed by atoms with van der Waals surface area (Å²) in [5, 5.41) is 3.04. The molecule has 1 N–H and O–H groups in total. The van der Waals surface area contributed by atoms with Crippen molar-refractivity contribution in [2.75, 3.05) is 11.4 Å². The highest BCUT2D eigenvalue weighted by Gasteiger charge is 2.36. The van der Waals surface area contributed by atoms with Crippen molar-refractivity contribution >= 4 is 17.5 Å². The first-order chi connectivity index (χ1) is 10.1. The maximum absolute atomic E-state index is 12.9. The normalized spacial score (nSPS) is 22.8. The molecule has 112 valence electrons. The Morgan fingerprint density at radius 1 is 1.19 bits per heavy atom. The molecule has 0 bridgehead atoms. The molecule has 4 nitrogen and oxygen atoms in total. The van der Waals surface area contributed by atoms with E-state index in [0.717, 1.165) is 25.7 Å². The average molecular weight is 290 g/mol. The topological polar surface area (TPSA) is 49.4 Å². The number of carbonyl (C=O) groups is 2. The third-order valence-corrected chi connectivity index (χ3v) is 4.34. The standard InChI is InChI=1S/C16H19FN2O2/c17-12-5-7-14(8-6-12)19-10-11(9-15(19)20)16(21)18-13-3-1-2-4-13/h5-8,11,13H,1-4,9-10H2,(H,18,21)/t11-/m0/s1. The van der Waals surface area contributed by atoms with Crippen LogP contribution in [0.15, 0.2) is 24.3 Å². The molecule has 5 heteroatoms. The van der Waals surface area contributed by atoms with E-state index in [-0.39, 0.29) is 36.0 Å². The monoisotopic (exact) mass is 290 g/mol. The van der Waals surface area contributed by atoms with Crippen LogP contribution in [0.1, 0.15) is 32.1 Å². The number of carbonyl (C=O) groups excluding carboxylic acids is 2. The predicted molar refractivity (Wildman–Crippen MR) is 77.3 cm³/mol. The van der Waals surface area contributed by atoms with Gasteiger partial charge in [-0.05, 0) is 37.1 Å². The van der Waals surface area contributed by atoms with Crippen molar-refractivity contribution < 1.29 is 14.0 Å². The third-order valence-electron chi connectivity index (χ3n) is 4.34. The molecule has 2 aliphatic rings. The van der Waals surface area contributed by atoms with Crippen LogP contribution in [0.5, 0.6) is 0 Å². The summed E-state index contributed by atoms with van der Waals surface area (Å²) in [5.74, 6) is -0.739. The van der Waals surface area contributed by atoms with Gasteiger partial charge in [0.25, 0.3) is 0 Å². The van der Waals surface area contributed by atoms with E-state index < -0.39 is 0 Å². The minimum absolute atomic E-state index is 0.0279. The van der Waals surface area contributed by atoms with Gasteiger partial charge in [-0.15, -0.1) is 0 Å². The van der Waals surface area contributed by atoms with Gasteiger partial charge < -0.3 is 10.2 Å². The Bertz CT molecular complexity index is 538.